The summed E-state index contributed by atoms with van der Waals surface area (Å²) in [7, 11) is 0. The quantitative estimate of drug-likeness (QED) is 0.716. The normalized spacial score (nSPS) is 24.0. The zero-order valence-electron chi connectivity index (χ0n) is 10.8. The molecule has 0 radical (unpaired) electrons. The van der Waals surface area contributed by atoms with E-state index in [1.165, 1.54) is 42.1 Å². The van der Waals surface area contributed by atoms with Crippen LogP contribution in [0.1, 0.15) is 51.0 Å². The molecule has 0 bridgehead atoms. The molecule has 2 aromatic rings. The Bertz CT molecular complexity index is 521. The van der Waals surface area contributed by atoms with Crippen molar-refractivity contribution in [3.8, 4) is 0 Å². The van der Waals surface area contributed by atoms with E-state index in [1.54, 1.807) is 0 Å². The molecular formula is C16H21N. The van der Waals surface area contributed by atoms with Crippen molar-refractivity contribution in [2.75, 3.05) is 0 Å². The van der Waals surface area contributed by atoms with Crippen molar-refractivity contribution in [2.24, 2.45) is 5.41 Å². The van der Waals surface area contributed by atoms with Crippen LogP contribution < -0.4 is 0 Å². The maximum absolute atomic E-state index is 3.42. The molecule has 3 rings (SSSR count). The number of aromatic amines is 1. The van der Waals surface area contributed by atoms with Gasteiger partial charge in [-0.15, -0.1) is 0 Å². The van der Waals surface area contributed by atoms with Crippen LogP contribution in [0, 0.1) is 5.41 Å². The number of nitrogens with one attached hydrogen (secondary N) is 1. The maximum atomic E-state index is 3.42. The van der Waals surface area contributed by atoms with Crippen LogP contribution in [0.2, 0.25) is 0 Å². The van der Waals surface area contributed by atoms with E-state index in [0.29, 0.717) is 11.3 Å². The molecule has 17 heavy (non-hydrogen) atoms. The second-order valence-electron chi connectivity index (χ2n) is 6.08. The van der Waals surface area contributed by atoms with Crippen LogP contribution in [0.25, 0.3) is 10.9 Å². The molecule has 0 aliphatic heterocycles. The van der Waals surface area contributed by atoms with E-state index < -0.39 is 0 Å². The lowest BCUT2D eigenvalue weighted by atomic mass is 9.66. The summed E-state index contributed by atoms with van der Waals surface area (Å²) in [6.45, 7) is 4.86. The highest BCUT2D eigenvalue weighted by molar-refractivity contribution is 5.83. The van der Waals surface area contributed by atoms with Gasteiger partial charge < -0.3 is 4.98 Å². The molecular weight excluding hydrogens is 206 g/mol. The third-order valence-electron chi connectivity index (χ3n) is 4.50. The predicted molar refractivity (Wildman–Crippen MR) is 73.3 cm³/mol. The average molecular weight is 227 g/mol. The smallest absolute Gasteiger partial charge is 0.0456 e. The molecule has 1 aromatic heterocycles. The molecule has 1 N–H and O–H groups in total. The van der Waals surface area contributed by atoms with Gasteiger partial charge in [-0.05, 0) is 35.8 Å². The van der Waals surface area contributed by atoms with Crippen LogP contribution in [0.4, 0.5) is 0 Å². The molecule has 1 atom stereocenters. The SMILES string of the molecule is CC1(C)CCCCC1c1c[nH]c2ccccc12. The summed E-state index contributed by atoms with van der Waals surface area (Å²) in [6.07, 6.45) is 7.72. The first-order chi connectivity index (χ1) is 8.18. The van der Waals surface area contributed by atoms with Gasteiger partial charge in [0.1, 0.15) is 0 Å². The topological polar surface area (TPSA) is 15.8 Å². The Kier molecular flexibility index (Phi) is 2.50. The van der Waals surface area contributed by atoms with Crippen molar-refractivity contribution in [3.05, 3.63) is 36.0 Å². The van der Waals surface area contributed by atoms with Gasteiger partial charge >= 0.3 is 0 Å². The van der Waals surface area contributed by atoms with Crippen molar-refractivity contribution in [1.29, 1.82) is 0 Å². The molecule has 1 unspecified atom stereocenters. The Morgan fingerprint density at radius 2 is 2.00 bits per heavy atom. The number of benzene rings is 1. The number of rotatable bonds is 1. The van der Waals surface area contributed by atoms with E-state index in [9.17, 15) is 0 Å². The zero-order valence-corrected chi connectivity index (χ0v) is 10.8. The standard InChI is InChI=1S/C16H21N/c1-16(2)10-6-5-8-14(16)13-11-17-15-9-4-3-7-12(13)15/h3-4,7,9,11,14,17H,5-6,8,10H2,1-2H3. The molecule has 1 heterocycles. The Morgan fingerprint density at radius 1 is 1.18 bits per heavy atom. The average Bonchev–Trinajstić information content (AvgIpc) is 2.72. The van der Waals surface area contributed by atoms with Crippen LogP contribution in [-0.2, 0) is 0 Å². The summed E-state index contributed by atoms with van der Waals surface area (Å²) < 4.78 is 0. The van der Waals surface area contributed by atoms with Gasteiger partial charge in [0.05, 0.1) is 0 Å². The summed E-state index contributed by atoms with van der Waals surface area (Å²) in [5.41, 5.74) is 3.26. The predicted octanol–water partition coefficient (Wildman–Crippen LogP) is 4.85. The Morgan fingerprint density at radius 3 is 2.82 bits per heavy atom. The minimum atomic E-state index is 0.448. The van der Waals surface area contributed by atoms with Crippen molar-refractivity contribution in [1.82, 2.24) is 4.98 Å². The number of aromatic nitrogens is 1. The molecule has 1 heteroatoms. The number of H-pyrrole nitrogens is 1. The van der Waals surface area contributed by atoms with Gasteiger partial charge in [0, 0.05) is 17.1 Å². The van der Waals surface area contributed by atoms with Gasteiger partial charge in [-0.25, -0.2) is 0 Å². The molecule has 1 aromatic carbocycles. The highest BCUT2D eigenvalue weighted by Crippen LogP contribution is 2.48. The van der Waals surface area contributed by atoms with Crippen molar-refractivity contribution >= 4 is 10.9 Å². The number of hydrogen-bond acceptors (Lipinski definition) is 0. The lowest BCUT2D eigenvalue weighted by molar-refractivity contribution is 0.201. The zero-order chi connectivity index (χ0) is 11.9. The molecule has 0 saturated heterocycles. The van der Waals surface area contributed by atoms with Crippen LogP contribution >= 0.6 is 0 Å². The molecule has 1 saturated carbocycles. The summed E-state index contributed by atoms with van der Waals surface area (Å²) in [6, 6.07) is 8.69. The van der Waals surface area contributed by atoms with Crippen molar-refractivity contribution in [3.63, 3.8) is 0 Å². The lowest BCUT2D eigenvalue weighted by Gasteiger charge is -2.38. The van der Waals surface area contributed by atoms with Crippen LogP contribution in [-0.4, -0.2) is 4.98 Å². The van der Waals surface area contributed by atoms with E-state index in [4.69, 9.17) is 0 Å². The van der Waals surface area contributed by atoms with Crippen molar-refractivity contribution < 1.29 is 0 Å². The summed E-state index contributed by atoms with van der Waals surface area (Å²) in [5, 5.41) is 1.42. The van der Waals surface area contributed by atoms with Crippen molar-refractivity contribution in [2.45, 2.75) is 45.4 Å². The van der Waals surface area contributed by atoms with Gasteiger partial charge in [0.15, 0.2) is 0 Å². The maximum Gasteiger partial charge on any atom is 0.0456 e. The van der Waals surface area contributed by atoms with E-state index in [1.807, 2.05) is 0 Å². The molecule has 90 valence electrons. The minimum Gasteiger partial charge on any atom is -0.361 e. The fourth-order valence-electron chi connectivity index (χ4n) is 3.45. The van der Waals surface area contributed by atoms with E-state index in [0.717, 1.165) is 0 Å². The van der Waals surface area contributed by atoms with E-state index in [-0.39, 0.29) is 0 Å². The van der Waals surface area contributed by atoms with Gasteiger partial charge in [0.25, 0.3) is 0 Å². The molecule has 1 fully saturated rings. The summed E-state index contributed by atoms with van der Waals surface area (Å²) in [4.78, 5) is 3.42. The number of para-hydroxylation sites is 1. The van der Waals surface area contributed by atoms with Gasteiger partial charge in [-0.3, -0.25) is 0 Å². The molecule has 1 aliphatic rings. The number of hydrogen-bond donors (Lipinski definition) is 1. The largest absolute Gasteiger partial charge is 0.361 e. The lowest BCUT2D eigenvalue weighted by Crippen LogP contribution is -2.25. The summed E-state index contributed by atoms with van der Waals surface area (Å²) >= 11 is 0. The Balaban J connectivity index is 2.08. The van der Waals surface area contributed by atoms with Gasteiger partial charge in [-0.1, -0.05) is 44.9 Å². The second-order valence-corrected chi connectivity index (χ2v) is 6.08. The first-order valence-corrected chi connectivity index (χ1v) is 6.74. The van der Waals surface area contributed by atoms with E-state index >= 15 is 0 Å². The summed E-state index contributed by atoms with van der Waals surface area (Å²) in [5.74, 6) is 0.715. The third-order valence-corrected chi connectivity index (χ3v) is 4.50. The molecule has 1 nitrogen and oxygen atoms in total. The molecule has 0 spiro atoms. The fourth-order valence-corrected chi connectivity index (χ4v) is 3.45. The fraction of sp³-hybridized carbons (Fsp3) is 0.500. The van der Waals surface area contributed by atoms with Gasteiger partial charge in [0.2, 0.25) is 0 Å². The Labute approximate surface area is 103 Å². The van der Waals surface area contributed by atoms with Crippen LogP contribution in [0.15, 0.2) is 30.5 Å². The number of fused-ring (bicyclic) bond motifs is 1. The highest BCUT2D eigenvalue weighted by atomic mass is 14.7. The minimum absolute atomic E-state index is 0.448. The van der Waals surface area contributed by atoms with E-state index in [2.05, 4.69) is 49.3 Å². The third kappa shape index (κ3) is 1.78. The molecule has 1 aliphatic carbocycles. The van der Waals surface area contributed by atoms with Crippen LogP contribution in [0.3, 0.4) is 0 Å². The second kappa shape index (κ2) is 3.90. The monoisotopic (exact) mass is 227 g/mol. The first-order valence-electron chi connectivity index (χ1n) is 6.74. The molecule has 0 amide bonds. The van der Waals surface area contributed by atoms with Gasteiger partial charge in [-0.2, -0.15) is 0 Å². The highest BCUT2D eigenvalue weighted by Gasteiger charge is 2.34. The van der Waals surface area contributed by atoms with Crippen LogP contribution in [0.5, 0.6) is 0 Å². The Hall–Kier alpha value is -1.24. The first kappa shape index (κ1) is 10.9.